The van der Waals surface area contributed by atoms with E-state index >= 15 is 0 Å². The summed E-state index contributed by atoms with van der Waals surface area (Å²) in [6.45, 7) is 13.8. The molecular weight excluding hydrogens is 260 g/mol. The molecule has 1 heterocycles. The molecule has 0 aliphatic carbocycles. The maximum Gasteiger partial charge on any atom is 0.0674 e. The molecule has 0 amide bonds. The molecule has 1 unspecified atom stereocenters. The highest BCUT2D eigenvalue weighted by atomic mass is 16.5. The van der Waals surface area contributed by atoms with Crippen molar-refractivity contribution in [3.8, 4) is 0 Å². The number of hydrogen-bond donors (Lipinski definition) is 1. The fraction of sp³-hybridized carbons (Fsp3) is 0.667. The van der Waals surface area contributed by atoms with Crippen molar-refractivity contribution in [3.63, 3.8) is 0 Å². The molecule has 0 spiro atoms. The van der Waals surface area contributed by atoms with E-state index in [4.69, 9.17) is 4.74 Å². The maximum atomic E-state index is 5.74. The molecular formula is C18H30N2O. The molecule has 1 aliphatic rings. The van der Waals surface area contributed by atoms with E-state index in [1.807, 2.05) is 0 Å². The van der Waals surface area contributed by atoms with Crippen LogP contribution in [0.3, 0.4) is 0 Å². The van der Waals surface area contributed by atoms with Crippen LogP contribution >= 0.6 is 0 Å². The van der Waals surface area contributed by atoms with Crippen molar-refractivity contribution in [2.45, 2.75) is 58.8 Å². The fourth-order valence-corrected chi connectivity index (χ4v) is 2.71. The van der Waals surface area contributed by atoms with Gasteiger partial charge in [-0.3, -0.25) is 4.90 Å². The molecule has 1 aromatic carbocycles. The standard InChI is InChI=1S/C18H30N2O/c1-15-13-20(10-7-11-21-15)14-17-9-6-5-8-16(17)12-19-18(2,3)4/h5-6,8-9,15,19H,7,10-14H2,1-4H3. The summed E-state index contributed by atoms with van der Waals surface area (Å²) in [5, 5.41) is 3.59. The fourth-order valence-electron chi connectivity index (χ4n) is 2.71. The van der Waals surface area contributed by atoms with Crippen molar-refractivity contribution >= 4 is 0 Å². The highest BCUT2D eigenvalue weighted by Gasteiger charge is 2.16. The zero-order valence-electron chi connectivity index (χ0n) is 14.0. The van der Waals surface area contributed by atoms with Gasteiger partial charge in [0.05, 0.1) is 6.10 Å². The normalized spacial score (nSPS) is 21.2. The molecule has 3 nitrogen and oxygen atoms in total. The van der Waals surface area contributed by atoms with Crippen LogP contribution in [-0.2, 0) is 17.8 Å². The van der Waals surface area contributed by atoms with Gasteiger partial charge in [0.1, 0.15) is 0 Å². The van der Waals surface area contributed by atoms with Crippen LogP contribution in [0.25, 0.3) is 0 Å². The summed E-state index contributed by atoms with van der Waals surface area (Å²) >= 11 is 0. The molecule has 1 atom stereocenters. The van der Waals surface area contributed by atoms with E-state index < -0.39 is 0 Å². The lowest BCUT2D eigenvalue weighted by Crippen LogP contribution is -2.35. The molecule has 21 heavy (non-hydrogen) atoms. The predicted molar refractivity (Wildman–Crippen MR) is 88.3 cm³/mol. The summed E-state index contributed by atoms with van der Waals surface area (Å²) in [5.41, 5.74) is 2.99. The Labute approximate surface area is 129 Å². The lowest BCUT2D eigenvalue weighted by atomic mass is 10.0. The second-order valence-electron chi connectivity index (χ2n) is 7.14. The van der Waals surface area contributed by atoms with Gasteiger partial charge in [0.2, 0.25) is 0 Å². The first-order valence-corrected chi connectivity index (χ1v) is 8.10. The highest BCUT2D eigenvalue weighted by molar-refractivity contribution is 5.27. The van der Waals surface area contributed by atoms with Gasteiger partial charge in [0.15, 0.2) is 0 Å². The van der Waals surface area contributed by atoms with Gasteiger partial charge in [-0.25, -0.2) is 0 Å². The highest BCUT2D eigenvalue weighted by Crippen LogP contribution is 2.15. The first-order valence-electron chi connectivity index (χ1n) is 8.10. The molecule has 1 aromatic rings. The third-order valence-corrected chi connectivity index (χ3v) is 3.86. The third-order valence-electron chi connectivity index (χ3n) is 3.86. The molecule has 1 fully saturated rings. The Morgan fingerprint density at radius 2 is 1.95 bits per heavy atom. The molecule has 118 valence electrons. The van der Waals surface area contributed by atoms with Crippen molar-refractivity contribution in [1.82, 2.24) is 10.2 Å². The molecule has 3 heteroatoms. The Morgan fingerprint density at radius 3 is 2.67 bits per heavy atom. The molecule has 0 radical (unpaired) electrons. The Morgan fingerprint density at radius 1 is 1.24 bits per heavy atom. The van der Waals surface area contributed by atoms with Gasteiger partial charge in [0.25, 0.3) is 0 Å². The molecule has 0 saturated carbocycles. The average molecular weight is 290 g/mol. The second kappa shape index (κ2) is 7.39. The van der Waals surface area contributed by atoms with Gasteiger partial charge < -0.3 is 10.1 Å². The topological polar surface area (TPSA) is 24.5 Å². The van der Waals surface area contributed by atoms with Gasteiger partial charge in [0, 0.05) is 38.3 Å². The summed E-state index contributed by atoms with van der Waals surface area (Å²) in [6, 6.07) is 8.78. The second-order valence-corrected chi connectivity index (χ2v) is 7.14. The molecule has 1 saturated heterocycles. The lowest BCUT2D eigenvalue weighted by molar-refractivity contribution is 0.0667. The quantitative estimate of drug-likeness (QED) is 0.921. The number of rotatable bonds is 4. The number of nitrogens with one attached hydrogen (secondary N) is 1. The van der Waals surface area contributed by atoms with Crippen molar-refractivity contribution in [3.05, 3.63) is 35.4 Å². The third kappa shape index (κ3) is 5.77. The van der Waals surface area contributed by atoms with E-state index in [1.165, 1.54) is 11.1 Å². The van der Waals surface area contributed by atoms with Crippen molar-refractivity contribution in [2.75, 3.05) is 19.7 Å². The minimum Gasteiger partial charge on any atom is -0.377 e. The molecule has 2 rings (SSSR count). The van der Waals surface area contributed by atoms with Crippen LogP contribution in [0.2, 0.25) is 0 Å². The Balaban J connectivity index is 2.01. The van der Waals surface area contributed by atoms with E-state index in [0.29, 0.717) is 6.10 Å². The van der Waals surface area contributed by atoms with Gasteiger partial charge in [-0.2, -0.15) is 0 Å². The molecule has 1 N–H and O–H groups in total. The smallest absolute Gasteiger partial charge is 0.0674 e. The zero-order valence-corrected chi connectivity index (χ0v) is 14.0. The monoisotopic (exact) mass is 290 g/mol. The predicted octanol–water partition coefficient (Wildman–Crippen LogP) is 3.19. The molecule has 0 bridgehead atoms. The maximum absolute atomic E-state index is 5.74. The van der Waals surface area contributed by atoms with Gasteiger partial charge in [-0.05, 0) is 45.2 Å². The first kappa shape index (κ1) is 16.5. The van der Waals surface area contributed by atoms with Gasteiger partial charge >= 0.3 is 0 Å². The summed E-state index contributed by atoms with van der Waals surface area (Å²) in [4.78, 5) is 2.52. The zero-order chi connectivity index (χ0) is 15.3. The van der Waals surface area contributed by atoms with Crippen LogP contribution in [0, 0.1) is 0 Å². The van der Waals surface area contributed by atoms with Crippen molar-refractivity contribution in [1.29, 1.82) is 0 Å². The first-order chi connectivity index (χ1) is 9.94. The summed E-state index contributed by atoms with van der Waals surface area (Å²) in [6.07, 6.45) is 1.47. The summed E-state index contributed by atoms with van der Waals surface area (Å²) in [5.74, 6) is 0. The van der Waals surface area contributed by atoms with Crippen LogP contribution in [0.1, 0.15) is 45.2 Å². The largest absolute Gasteiger partial charge is 0.377 e. The van der Waals surface area contributed by atoms with Gasteiger partial charge in [-0.15, -0.1) is 0 Å². The van der Waals surface area contributed by atoms with E-state index in [2.05, 4.69) is 62.2 Å². The van der Waals surface area contributed by atoms with Crippen LogP contribution in [-0.4, -0.2) is 36.2 Å². The Bertz CT molecular complexity index is 439. The number of nitrogens with zero attached hydrogens (tertiary/aromatic N) is 1. The van der Waals surface area contributed by atoms with Gasteiger partial charge in [-0.1, -0.05) is 24.3 Å². The number of hydrogen-bond acceptors (Lipinski definition) is 3. The molecule has 1 aliphatic heterocycles. The van der Waals surface area contributed by atoms with E-state index in [9.17, 15) is 0 Å². The van der Waals surface area contributed by atoms with Crippen LogP contribution in [0.4, 0.5) is 0 Å². The number of ether oxygens (including phenoxy) is 1. The number of benzene rings is 1. The Kier molecular flexibility index (Phi) is 5.80. The minimum atomic E-state index is 0.151. The average Bonchev–Trinajstić information content (AvgIpc) is 2.61. The minimum absolute atomic E-state index is 0.151. The van der Waals surface area contributed by atoms with Crippen LogP contribution < -0.4 is 5.32 Å². The lowest BCUT2D eigenvalue weighted by Gasteiger charge is -2.25. The Hall–Kier alpha value is -0.900. The van der Waals surface area contributed by atoms with Crippen LogP contribution in [0.5, 0.6) is 0 Å². The SMILES string of the molecule is CC1CN(Cc2ccccc2CNC(C)(C)C)CCCO1. The van der Waals surface area contributed by atoms with E-state index in [0.717, 1.165) is 39.2 Å². The summed E-state index contributed by atoms with van der Waals surface area (Å²) < 4.78 is 5.74. The molecule has 0 aromatic heterocycles. The van der Waals surface area contributed by atoms with E-state index in [-0.39, 0.29) is 5.54 Å². The summed E-state index contributed by atoms with van der Waals surface area (Å²) in [7, 11) is 0. The van der Waals surface area contributed by atoms with Crippen molar-refractivity contribution < 1.29 is 4.74 Å². The van der Waals surface area contributed by atoms with Crippen LogP contribution in [0.15, 0.2) is 24.3 Å². The van der Waals surface area contributed by atoms with Crippen molar-refractivity contribution in [2.24, 2.45) is 0 Å². The van der Waals surface area contributed by atoms with E-state index in [1.54, 1.807) is 0 Å².